The highest BCUT2D eigenvalue weighted by Crippen LogP contribution is 2.28. The van der Waals surface area contributed by atoms with E-state index in [1.807, 2.05) is 6.08 Å². The van der Waals surface area contributed by atoms with Crippen molar-refractivity contribution in [3.63, 3.8) is 0 Å². The maximum atomic E-state index is 5.67. The normalized spacial score (nSPS) is 23.8. The second kappa shape index (κ2) is 2.12. The summed E-state index contributed by atoms with van der Waals surface area (Å²) in [5.74, 6) is 0. The summed E-state index contributed by atoms with van der Waals surface area (Å²) in [6.45, 7) is 0. The Morgan fingerprint density at radius 2 is 2.25 bits per heavy atom. The number of hydrogen-bond acceptors (Lipinski definition) is 0. The van der Waals surface area contributed by atoms with E-state index in [2.05, 4.69) is 6.08 Å². The van der Waals surface area contributed by atoms with Crippen molar-refractivity contribution < 1.29 is 0 Å². The molecule has 0 bridgehead atoms. The van der Waals surface area contributed by atoms with Crippen LogP contribution in [0.2, 0.25) is 0 Å². The molecule has 0 aromatic heterocycles. The van der Waals surface area contributed by atoms with Gasteiger partial charge >= 0.3 is 0 Å². The fourth-order valence-corrected chi connectivity index (χ4v) is 0.811. The van der Waals surface area contributed by atoms with Crippen molar-refractivity contribution in [2.45, 2.75) is 10.8 Å². The van der Waals surface area contributed by atoms with Crippen LogP contribution in [0.3, 0.4) is 0 Å². The largest absolute Gasteiger partial charge is 0.140 e. The van der Waals surface area contributed by atoms with E-state index in [1.54, 1.807) is 12.2 Å². The van der Waals surface area contributed by atoms with E-state index in [0.717, 1.165) is 0 Å². The molecule has 0 nitrogen and oxygen atoms in total. The smallest absolute Gasteiger partial charge is 0.0966 e. The van der Waals surface area contributed by atoms with E-state index in [9.17, 15) is 0 Å². The first kappa shape index (κ1) is 6.18. The first-order valence-electron chi connectivity index (χ1n) is 2.33. The molecule has 0 spiro atoms. The lowest BCUT2D eigenvalue weighted by Gasteiger charge is -2.12. The minimum atomic E-state index is -0.700. The first-order valence-corrected chi connectivity index (χ1v) is 3.09. The summed E-state index contributed by atoms with van der Waals surface area (Å²) in [5, 5.41) is 0. The monoisotopic (exact) mass is 147 g/mol. The van der Waals surface area contributed by atoms with Crippen LogP contribution >= 0.6 is 23.2 Å². The number of alkyl halides is 2. The van der Waals surface area contributed by atoms with Gasteiger partial charge in [-0.15, -0.1) is 0 Å². The van der Waals surface area contributed by atoms with Crippen LogP contribution in [0, 0.1) is 6.08 Å². The van der Waals surface area contributed by atoms with Gasteiger partial charge in [-0.05, 0) is 12.2 Å². The van der Waals surface area contributed by atoms with Gasteiger partial charge in [0, 0.05) is 6.42 Å². The molecule has 0 saturated heterocycles. The Morgan fingerprint density at radius 3 is 2.50 bits per heavy atom. The Balaban J connectivity index is 2.65. The van der Waals surface area contributed by atoms with Gasteiger partial charge in [-0.3, -0.25) is 0 Å². The van der Waals surface area contributed by atoms with Crippen molar-refractivity contribution in [3.05, 3.63) is 24.3 Å². The van der Waals surface area contributed by atoms with Crippen molar-refractivity contribution in [1.29, 1.82) is 0 Å². The summed E-state index contributed by atoms with van der Waals surface area (Å²) in [6, 6.07) is 0. The second-order valence-corrected chi connectivity index (χ2v) is 3.21. The van der Waals surface area contributed by atoms with Crippen LogP contribution in [-0.4, -0.2) is 4.33 Å². The minimum absolute atomic E-state index is 0.590. The molecule has 43 valence electrons. The molecule has 0 atom stereocenters. The van der Waals surface area contributed by atoms with Gasteiger partial charge in [-0.25, -0.2) is 0 Å². The van der Waals surface area contributed by atoms with E-state index in [0.29, 0.717) is 6.42 Å². The Labute approximate surface area is 58.8 Å². The molecule has 1 rings (SSSR count). The molecule has 0 saturated carbocycles. The van der Waals surface area contributed by atoms with Crippen molar-refractivity contribution in [1.82, 2.24) is 0 Å². The number of allylic oxidation sites excluding steroid dienone is 4. The van der Waals surface area contributed by atoms with Crippen LogP contribution in [0.1, 0.15) is 6.42 Å². The van der Waals surface area contributed by atoms with Gasteiger partial charge in [0.05, 0.1) is 0 Å². The molecule has 8 heavy (non-hydrogen) atoms. The van der Waals surface area contributed by atoms with Gasteiger partial charge in [0.25, 0.3) is 0 Å². The lowest BCUT2D eigenvalue weighted by atomic mass is 10.2. The average molecular weight is 148 g/mol. The highest BCUT2D eigenvalue weighted by atomic mass is 35.5. The molecular weight excluding hydrogens is 143 g/mol. The molecule has 1 aliphatic carbocycles. The lowest BCUT2D eigenvalue weighted by Crippen LogP contribution is -2.08. The highest BCUT2D eigenvalue weighted by molar-refractivity contribution is 6.49. The molecule has 2 heteroatoms. The summed E-state index contributed by atoms with van der Waals surface area (Å²) in [4.78, 5) is 0. The molecule has 0 aliphatic heterocycles. The highest BCUT2D eigenvalue weighted by Gasteiger charge is 2.18. The molecule has 1 aliphatic rings. The Bertz CT molecular complexity index is 133. The number of hydrogen-bond donors (Lipinski definition) is 0. The topological polar surface area (TPSA) is 0 Å². The van der Waals surface area contributed by atoms with Crippen LogP contribution in [-0.2, 0) is 0 Å². The van der Waals surface area contributed by atoms with Crippen LogP contribution in [0.25, 0.3) is 0 Å². The zero-order valence-electron chi connectivity index (χ0n) is 4.20. The standard InChI is InChI=1S/C6H5Cl2/c7-6(8)4-2-1-3-5-6/h1-2,4H,5H2. The van der Waals surface area contributed by atoms with E-state index >= 15 is 0 Å². The van der Waals surface area contributed by atoms with Crippen LogP contribution in [0.5, 0.6) is 0 Å². The van der Waals surface area contributed by atoms with Crippen LogP contribution < -0.4 is 0 Å². The average Bonchev–Trinajstić information content (AvgIpc) is 1.65. The Hall–Kier alpha value is 0.0600. The summed E-state index contributed by atoms with van der Waals surface area (Å²) in [5.41, 5.74) is 0. The van der Waals surface area contributed by atoms with Gasteiger partial charge < -0.3 is 0 Å². The van der Waals surface area contributed by atoms with Crippen LogP contribution in [0.4, 0.5) is 0 Å². The fourth-order valence-electron chi connectivity index (χ4n) is 0.511. The van der Waals surface area contributed by atoms with Crippen molar-refractivity contribution in [2.24, 2.45) is 0 Å². The predicted octanol–water partition coefficient (Wildman–Crippen LogP) is 2.48. The van der Waals surface area contributed by atoms with E-state index in [4.69, 9.17) is 23.2 Å². The van der Waals surface area contributed by atoms with E-state index in [-0.39, 0.29) is 0 Å². The summed E-state index contributed by atoms with van der Waals surface area (Å²) >= 11 is 11.3. The zero-order valence-corrected chi connectivity index (χ0v) is 5.71. The SMILES string of the molecule is ClC1(Cl)C=CC=[C]C1. The molecule has 0 amide bonds. The maximum absolute atomic E-state index is 5.67. The molecular formula is C6H5Cl2. The molecule has 0 N–H and O–H groups in total. The Kier molecular flexibility index (Phi) is 1.64. The van der Waals surface area contributed by atoms with E-state index in [1.165, 1.54) is 0 Å². The molecule has 0 aromatic rings. The third kappa shape index (κ3) is 1.53. The van der Waals surface area contributed by atoms with Gasteiger partial charge in [0.1, 0.15) is 4.33 Å². The quantitative estimate of drug-likeness (QED) is 0.463. The van der Waals surface area contributed by atoms with Gasteiger partial charge in [-0.2, -0.15) is 0 Å². The summed E-state index contributed by atoms with van der Waals surface area (Å²) in [7, 11) is 0. The lowest BCUT2D eigenvalue weighted by molar-refractivity contribution is 0.940. The molecule has 0 heterocycles. The Morgan fingerprint density at radius 1 is 1.50 bits per heavy atom. The predicted molar refractivity (Wildman–Crippen MR) is 36.0 cm³/mol. The number of rotatable bonds is 0. The van der Waals surface area contributed by atoms with Crippen molar-refractivity contribution in [2.75, 3.05) is 0 Å². The van der Waals surface area contributed by atoms with Crippen molar-refractivity contribution >= 4 is 23.2 Å². The van der Waals surface area contributed by atoms with Crippen molar-refractivity contribution in [3.8, 4) is 0 Å². The third-order valence-electron chi connectivity index (χ3n) is 0.892. The summed E-state index contributed by atoms with van der Waals surface area (Å²) in [6.07, 6.45) is 8.84. The van der Waals surface area contributed by atoms with Gasteiger partial charge in [0.15, 0.2) is 0 Å². The van der Waals surface area contributed by atoms with Gasteiger partial charge in [0.2, 0.25) is 0 Å². The minimum Gasteiger partial charge on any atom is -0.0966 e. The first-order chi connectivity index (χ1) is 3.71. The molecule has 0 aromatic carbocycles. The van der Waals surface area contributed by atoms with Gasteiger partial charge in [-0.1, -0.05) is 35.4 Å². The second-order valence-electron chi connectivity index (χ2n) is 1.67. The fraction of sp³-hybridized carbons (Fsp3) is 0.333. The zero-order chi connectivity index (χ0) is 6.04. The molecule has 0 unspecified atom stereocenters. The van der Waals surface area contributed by atoms with Crippen LogP contribution in [0.15, 0.2) is 18.2 Å². The number of halogens is 2. The molecule has 1 radical (unpaired) electrons. The van der Waals surface area contributed by atoms with E-state index < -0.39 is 4.33 Å². The maximum Gasteiger partial charge on any atom is 0.140 e. The third-order valence-corrected chi connectivity index (χ3v) is 1.41. The molecule has 0 fully saturated rings. The summed E-state index contributed by atoms with van der Waals surface area (Å²) < 4.78 is -0.700.